The predicted octanol–water partition coefficient (Wildman–Crippen LogP) is 5.59. The standard InChI is InChI=1S/C27H32F3N7/c1-36(14-17-2-5-19(12-17)37-9-8-21-25(31)32-15-33-26(21)37)20-10-16(11-20)3-7-24-34-22-6-4-18(27(28,29)30)13-23(22)35-24/h4,6,8-9,13,15-17,19-20H,2-3,5,7,10-12,14H2,1H3,(H,34,35)(H2,31,32,33). The highest BCUT2D eigenvalue weighted by Gasteiger charge is 2.35. The minimum Gasteiger partial charge on any atom is -0.383 e. The van der Waals surface area contributed by atoms with Gasteiger partial charge in [-0.2, -0.15) is 13.2 Å². The van der Waals surface area contributed by atoms with E-state index >= 15 is 0 Å². The van der Waals surface area contributed by atoms with E-state index in [1.807, 2.05) is 6.07 Å². The largest absolute Gasteiger partial charge is 0.416 e. The van der Waals surface area contributed by atoms with E-state index in [0.717, 1.165) is 61.2 Å². The Morgan fingerprint density at radius 3 is 2.76 bits per heavy atom. The van der Waals surface area contributed by atoms with Gasteiger partial charge in [-0.1, -0.05) is 0 Å². The molecule has 0 amide bonds. The molecule has 0 aliphatic heterocycles. The molecular weight excluding hydrogens is 479 g/mol. The van der Waals surface area contributed by atoms with Crippen LogP contribution in [-0.4, -0.2) is 49.0 Å². The number of fused-ring (bicyclic) bond motifs is 2. The summed E-state index contributed by atoms with van der Waals surface area (Å²) in [4.78, 5) is 18.7. The van der Waals surface area contributed by atoms with E-state index in [-0.39, 0.29) is 0 Å². The molecule has 196 valence electrons. The number of aromatic amines is 1. The number of H-pyrrole nitrogens is 1. The number of anilines is 1. The zero-order valence-corrected chi connectivity index (χ0v) is 20.9. The lowest BCUT2D eigenvalue weighted by atomic mass is 9.76. The van der Waals surface area contributed by atoms with Crippen LogP contribution in [0, 0.1) is 11.8 Å². The van der Waals surface area contributed by atoms with E-state index in [4.69, 9.17) is 5.73 Å². The summed E-state index contributed by atoms with van der Waals surface area (Å²) in [7, 11) is 2.24. The van der Waals surface area contributed by atoms with Crippen LogP contribution in [-0.2, 0) is 12.6 Å². The molecule has 0 spiro atoms. The van der Waals surface area contributed by atoms with Crippen molar-refractivity contribution in [1.82, 2.24) is 29.4 Å². The number of nitrogens with one attached hydrogen (secondary N) is 1. The maximum Gasteiger partial charge on any atom is 0.416 e. The van der Waals surface area contributed by atoms with Crippen LogP contribution in [0.15, 0.2) is 36.8 Å². The molecule has 2 unspecified atom stereocenters. The summed E-state index contributed by atoms with van der Waals surface area (Å²) in [6.45, 7) is 1.11. The number of aryl methyl sites for hydroxylation is 1. The van der Waals surface area contributed by atoms with E-state index in [9.17, 15) is 13.2 Å². The van der Waals surface area contributed by atoms with Gasteiger partial charge in [-0.25, -0.2) is 15.0 Å². The SMILES string of the molecule is CN(CC1CCC(n2ccc3c(N)ncnc32)C1)C1CC(CCc2nc3ccc(C(F)(F)F)cc3[nH]2)C1. The number of hydrogen-bond donors (Lipinski definition) is 2. The molecule has 2 atom stereocenters. The van der Waals surface area contributed by atoms with Crippen molar-refractivity contribution in [2.75, 3.05) is 19.3 Å². The van der Waals surface area contributed by atoms with Gasteiger partial charge in [0, 0.05) is 31.2 Å². The van der Waals surface area contributed by atoms with E-state index in [2.05, 4.69) is 42.6 Å². The fraction of sp³-hybridized carbons (Fsp3) is 0.519. The van der Waals surface area contributed by atoms with Crippen molar-refractivity contribution in [2.45, 2.75) is 63.2 Å². The van der Waals surface area contributed by atoms with Gasteiger partial charge >= 0.3 is 6.18 Å². The van der Waals surface area contributed by atoms with Gasteiger partial charge in [-0.05, 0) is 81.7 Å². The first-order valence-electron chi connectivity index (χ1n) is 13.1. The lowest BCUT2D eigenvalue weighted by Gasteiger charge is -2.42. The topological polar surface area (TPSA) is 88.7 Å². The number of benzene rings is 1. The second kappa shape index (κ2) is 9.31. The molecule has 7 nitrogen and oxygen atoms in total. The molecule has 2 fully saturated rings. The second-order valence-electron chi connectivity index (χ2n) is 10.9. The van der Waals surface area contributed by atoms with Crippen LogP contribution in [0.5, 0.6) is 0 Å². The zero-order chi connectivity index (χ0) is 25.7. The van der Waals surface area contributed by atoms with Crippen molar-refractivity contribution in [3.63, 3.8) is 0 Å². The normalized spacial score (nSPS) is 24.4. The number of nitrogens with two attached hydrogens (primary N) is 1. The van der Waals surface area contributed by atoms with Gasteiger partial charge in [0.1, 0.15) is 23.6 Å². The summed E-state index contributed by atoms with van der Waals surface area (Å²) >= 11 is 0. The molecule has 1 aromatic carbocycles. The fourth-order valence-corrected chi connectivity index (χ4v) is 6.30. The molecule has 10 heteroatoms. The van der Waals surface area contributed by atoms with Crippen molar-refractivity contribution in [3.8, 4) is 0 Å². The molecule has 0 bridgehead atoms. The molecule has 3 heterocycles. The Morgan fingerprint density at radius 2 is 1.95 bits per heavy atom. The highest BCUT2D eigenvalue weighted by Crippen LogP contribution is 2.40. The Balaban J connectivity index is 0.972. The third kappa shape index (κ3) is 4.79. The average molecular weight is 512 g/mol. The van der Waals surface area contributed by atoms with Gasteiger partial charge in [0.25, 0.3) is 0 Å². The lowest BCUT2D eigenvalue weighted by molar-refractivity contribution is -0.137. The molecule has 4 aromatic rings. The summed E-state index contributed by atoms with van der Waals surface area (Å²) in [6.07, 6.45) is 6.93. The Morgan fingerprint density at radius 1 is 1.11 bits per heavy atom. The van der Waals surface area contributed by atoms with Gasteiger partial charge in [0.2, 0.25) is 0 Å². The highest BCUT2D eigenvalue weighted by atomic mass is 19.4. The Kier molecular flexibility index (Phi) is 6.09. The molecule has 2 aliphatic rings. The molecule has 37 heavy (non-hydrogen) atoms. The third-order valence-electron chi connectivity index (χ3n) is 8.47. The number of alkyl halides is 3. The van der Waals surface area contributed by atoms with Crippen LogP contribution in [0.2, 0.25) is 0 Å². The molecule has 2 saturated carbocycles. The van der Waals surface area contributed by atoms with Crippen LogP contribution in [0.25, 0.3) is 22.1 Å². The molecule has 2 aliphatic carbocycles. The van der Waals surface area contributed by atoms with Gasteiger partial charge < -0.3 is 20.2 Å². The maximum absolute atomic E-state index is 13.0. The quantitative estimate of drug-likeness (QED) is 0.338. The summed E-state index contributed by atoms with van der Waals surface area (Å²) in [6, 6.07) is 6.77. The van der Waals surface area contributed by atoms with Gasteiger partial charge in [0.15, 0.2) is 0 Å². The van der Waals surface area contributed by atoms with Crippen LogP contribution >= 0.6 is 0 Å². The summed E-state index contributed by atoms with van der Waals surface area (Å²) < 4.78 is 41.2. The maximum atomic E-state index is 13.0. The van der Waals surface area contributed by atoms with Crippen molar-refractivity contribution >= 4 is 27.9 Å². The molecule has 3 aromatic heterocycles. The van der Waals surface area contributed by atoms with Gasteiger partial charge in [0.05, 0.1) is 22.0 Å². The molecule has 3 N–H and O–H groups in total. The second-order valence-corrected chi connectivity index (χ2v) is 10.9. The molecule has 6 rings (SSSR count). The van der Waals surface area contributed by atoms with Gasteiger partial charge in [-0.15, -0.1) is 0 Å². The number of rotatable bonds is 7. The number of hydrogen-bond acceptors (Lipinski definition) is 5. The summed E-state index contributed by atoms with van der Waals surface area (Å²) in [5.41, 5.74) is 7.33. The first kappa shape index (κ1) is 24.2. The van der Waals surface area contributed by atoms with Crippen molar-refractivity contribution in [2.24, 2.45) is 11.8 Å². The number of nitrogen functional groups attached to an aromatic ring is 1. The Bertz CT molecular complexity index is 1400. The molecule has 0 saturated heterocycles. The van der Waals surface area contributed by atoms with Gasteiger partial charge in [-0.3, -0.25) is 0 Å². The number of imidazole rings is 1. The lowest BCUT2D eigenvalue weighted by Crippen LogP contribution is -2.44. The third-order valence-corrected chi connectivity index (χ3v) is 8.47. The van der Waals surface area contributed by atoms with Crippen LogP contribution in [0.4, 0.5) is 19.0 Å². The van der Waals surface area contributed by atoms with Crippen LogP contribution in [0.3, 0.4) is 0 Å². The first-order valence-corrected chi connectivity index (χ1v) is 13.1. The van der Waals surface area contributed by atoms with E-state index < -0.39 is 11.7 Å². The first-order chi connectivity index (χ1) is 17.7. The predicted molar refractivity (Wildman–Crippen MR) is 137 cm³/mol. The average Bonchev–Trinajstić information content (AvgIpc) is 3.55. The number of nitrogens with zero attached hydrogens (tertiary/aromatic N) is 5. The van der Waals surface area contributed by atoms with Crippen LogP contribution in [0.1, 0.15) is 56.0 Å². The van der Waals surface area contributed by atoms with E-state index in [0.29, 0.717) is 40.8 Å². The fourth-order valence-electron chi connectivity index (χ4n) is 6.30. The Hall–Kier alpha value is -3.14. The van der Waals surface area contributed by atoms with Crippen LogP contribution < -0.4 is 5.73 Å². The monoisotopic (exact) mass is 511 g/mol. The van der Waals surface area contributed by atoms with Crippen molar-refractivity contribution < 1.29 is 13.2 Å². The minimum absolute atomic E-state index is 0.453. The summed E-state index contributed by atoms with van der Waals surface area (Å²) in [5.74, 6) is 2.61. The van der Waals surface area contributed by atoms with E-state index in [1.165, 1.54) is 25.3 Å². The zero-order valence-electron chi connectivity index (χ0n) is 20.9. The summed E-state index contributed by atoms with van der Waals surface area (Å²) in [5, 5.41) is 0.928. The molecular formula is C27H32F3N7. The van der Waals surface area contributed by atoms with Crippen molar-refractivity contribution in [1.29, 1.82) is 0 Å². The number of aromatic nitrogens is 5. The highest BCUT2D eigenvalue weighted by molar-refractivity contribution is 5.86. The van der Waals surface area contributed by atoms with E-state index in [1.54, 1.807) is 6.33 Å². The smallest absolute Gasteiger partial charge is 0.383 e. The number of halogens is 3. The molecule has 0 radical (unpaired) electrons. The minimum atomic E-state index is -4.34. The Labute approximate surface area is 213 Å². The van der Waals surface area contributed by atoms with Crippen molar-refractivity contribution in [3.05, 3.63) is 48.2 Å².